The fourth-order valence-corrected chi connectivity index (χ4v) is 0.758. The van der Waals surface area contributed by atoms with Crippen molar-refractivity contribution in [1.82, 2.24) is 5.48 Å². The van der Waals surface area contributed by atoms with Crippen LogP contribution in [0.3, 0.4) is 0 Å². The van der Waals surface area contributed by atoms with Crippen molar-refractivity contribution in [3.05, 3.63) is 30.3 Å². The summed E-state index contributed by atoms with van der Waals surface area (Å²) in [4.78, 5) is 5.41. The number of hydroxylamine groups is 1. The normalized spacial score (nSPS) is 11.3. The summed E-state index contributed by atoms with van der Waals surface area (Å²) >= 11 is 0. The van der Waals surface area contributed by atoms with Crippen molar-refractivity contribution in [2.45, 2.75) is 32.7 Å². The Morgan fingerprint density at radius 1 is 1.23 bits per heavy atom. The van der Waals surface area contributed by atoms with Crippen LogP contribution in [0.4, 0.5) is 0 Å². The van der Waals surface area contributed by atoms with Gasteiger partial charge in [-0.05, 0) is 32.4 Å². The molecular weight excluding hydrogens is 162 g/mol. The Kier molecular flexibility index (Phi) is 3.32. The first-order valence-corrected chi connectivity index (χ1v) is 4.63. The topological polar surface area (TPSA) is 21.3 Å². The highest BCUT2D eigenvalue weighted by molar-refractivity contribution is 5.20. The molecule has 1 aromatic carbocycles. The summed E-state index contributed by atoms with van der Waals surface area (Å²) in [5.41, 5.74) is 3.05. The molecule has 0 aromatic heterocycles. The monoisotopic (exact) mass is 179 g/mol. The van der Waals surface area contributed by atoms with Gasteiger partial charge in [-0.3, -0.25) is 0 Å². The van der Waals surface area contributed by atoms with Crippen LogP contribution in [0.25, 0.3) is 0 Å². The van der Waals surface area contributed by atoms with E-state index in [-0.39, 0.29) is 5.54 Å². The molecule has 0 aliphatic heterocycles. The summed E-state index contributed by atoms with van der Waals surface area (Å²) in [6, 6.07) is 9.74. The minimum atomic E-state index is 0.0237. The molecule has 1 aromatic rings. The van der Waals surface area contributed by atoms with Gasteiger partial charge in [0.25, 0.3) is 0 Å². The molecular formula is C11H17NO. The quantitative estimate of drug-likeness (QED) is 0.717. The van der Waals surface area contributed by atoms with Crippen molar-refractivity contribution < 1.29 is 4.84 Å². The van der Waals surface area contributed by atoms with E-state index in [1.54, 1.807) is 0 Å². The molecule has 0 bridgehead atoms. The van der Waals surface area contributed by atoms with E-state index in [2.05, 4.69) is 26.3 Å². The van der Waals surface area contributed by atoms with Gasteiger partial charge in [0.15, 0.2) is 0 Å². The second-order valence-electron chi connectivity index (χ2n) is 3.75. The maximum Gasteiger partial charge on any atom is 0.147 e. The molecule has 0 aliphatic carbocycles. The number of nitrogens with one attached hydrogen (secondary N) is 1. The third-order valence-corrected chi connectivity index (χ3v) is 2.07. The number of rotatable bonds is 4. The van der Waals surface area contributed by atoms with Crippen molar-refractivity contribution in [2.24, 2.45) is 0 Å². The van der Waals surface area contributed by atoms with Gasteiger partial charge < -0.3 is 4.84 Å². The van der Waals surface area contributed by atoms with Gasteiger partial charge in [-0.1, -0.05) is 25.1 Å². The van der Waals surface area contributed by atoms with E-state index in [0.717, 1.165) is 12.2 Å². The lowest BCUT2D eigenvalue weighted by atomic mass is 10.0. The Balaban J connectivity index is 2.44. The van der Waals surface area contributed by atoms with Gasteiger partial charge in [0.2, 0.25) is 0 Å². The number of benzene rings is 1. The molecule has 0 fully saturated rings. The summed E-state index contributed by atoms with van der Waals surface area (Å²) in [7, 11) is 0. The Hall–Kier alpha value is -1.02. The van der Waals surface area contributed by atoms with E-state index in [1.807, 2.05) is 30.3 Å². The molecule has 72 valence electrons. The number of hydrogen-bond acceptors (Lipinski definition) is 2. The second-order valence-corrected chi connectivity index (χ2v) is 3.75. The van der Waals surface area contributed by atoms with Crippen LogP contribution in [0.5, 0.6) is 5.75 Å². The van der Waals surface area contributed by atoms with Gasteiger partial charge >= 0.3 is 0 Å². The third-order valence-electron chi connectivity index (χ3n) is 2.07. The Bertz CT molecular complexity index is 244. The lowest BCUT2D eigenvalue weighted by Gasteiger charge is -2.23. The minimum Gasteiger partial charge on any atom is -0.408 e. The molecule has 13 heavy (non-hydrogen) atoms. The lowest BCUT2D eigenvalue weighted by Crippen LogP contribution is -2.40. The van der Waals surface area contributed by atoms with Crippen LogP contribution < -0.4 is 10.3 Å². The molecule has 0 saturated heterocycles. The van der Waals surface area contributed by atoms with Crippen LogP contribution in [0.15, 0.2) is 30.3 Å². The van der Waals surface area contributed by atoms with Gasteiger partial charge in [0.05, 0.1) is 0 Å². The largest absolute Gasteiger partial charge is 0.408 e. The summed E-state index contributed by atoms with van der Waals surface area (Å²) in [5.74, 6) is 0.851. The van der Waals surface area contributed by atoms with Crippen molar-refractivity contribution in [1.29, 1.82) is 0 Å². The standard InChI is InChI=1S/C11H17NO/c1-4-11(2,3)12-13-10-8-6-5-7-9-10/h5-9,12H,4H2,1-3H3. The first kappa shape index (κ1) is 10.1. The van der Waals surface area contributed by atoms with Gasteiger partial charge in [0.1, 0.15) is 5.75 Å². The van der Waals surface area contributed by atoms with Crippen molar-refractivity contribution in [3.63, 3.8) is 0 Å². The first-order chi connectivity index (χ1) is 6.14. The average molecular weight is 179 g/mol. The third kappa shape index (κ3) is 3.47. The second kappa shape index (κ2) is 4.28. The number of para-hydroxylation sites is 1. The van der Waals surface area contributed by atoms with Crippen molar-refractivity contribution in [3.8, 4) is 5.75 Å². The summed E-state index contributed by atoms with van der Waals surface area (Å²) in [6.07, 6.45) is 1.03. The molecule has 0 saturated carbocycles. The maximum atomic E-state index is 5.41. The van der Waals surface area contributed by atoms with Crippen LogP contribution in [0, 0.1) is 0 Å². The first-order valence-electron chi connectivity index (χ1n) is 4.63. The zero-order chi connectivity index (χ0) is 9.73. The van der Waals surface area contributed by atoms with Crippen LogP contribution >= 0.6 is 0 Å². The van der Waals surface area contributed by atoms with Crippen molar-refractivity contribution in [2.75, 3.05) is 0 Å². The number of hydrogen-bond donors (Lipinski definition) is 1. The molecule has 1 rings (SSSR count). The summed E-state index contributed by atoms with van der Waals surface area (Å²) < 4.78 is 0. The molecule has 0 radical (unpaired) electrons. The average Bonchev–Trinajstić information content (AvgIpc) is 2.17. The highest BCUT2D eigenvalue weighted by Crippen LogP contribution is 2.11. The maximum absolute atomic E-state index is 5.41. The van der Waals surface area contributed by atoms with Crippen LogP contribution in [-0.2, 0) is 0 Å². The molecule has 0 atom stereocenters. The zero-order valence-corrected chi connectivity index (χ0v) is 8.50. The van der Waals surface area contributed by atoms with E-state index in [0.29, 0.717) is 0 Å². The van der Waals surface area contributed by atoms with E-state index in [9.17, 15) is 0 Å². The zero-order valence-electron chi connectivity index (χ0n) is 8.50. The van der Waals surface area contributed by atoms with Crippen LogP contribution in [0.1, 0.15) is 27.2 Å². The molecule has 0 heterocycles. The molecule has 0 unspecified atom stereocenters. The van der Waals surface area contributed by atoms with Crippen molar-refractivity contribution >= 4 is 0 Å². The molecule has 0 spiro atoms. The minimum absolute atomic E-state index is 0.0237. The smallest absolute Gasteiger partial charge is 0.147 e. The molecule has 0 aliphatic rings. The lowest BCUT2D eigenvalue weighted by molar-refractivity contribution is 0.106. The van der Waals surface area contributed by atoms with E-state index in [1.165, 1.54) is 0 Å². The fourth-order valence-electron chi connectivity index (χ4n) is 0.758. The fraction of sp³-hybridized carbons (Fsp3) is 0.455. The van der Waals surface area contributed by atoms with Gasteiger partial charge in [0, 0.05) is 5.54 Å². The van der Waals surface area contributed by atoms with Gasteiger partial charge in [-0.15, -0.1) is 0 Å². The molecule has 2 heteroatoms. The van der Waals surface area contributed by atoms with Gasteiger partial charge in [-0.2, -0.15) is 5.48 Å². The van der Waals surface area contributed by atoms with E-state index in [4.69, 9.17) is 4.84 Å². The van der Waals surface area contributed by atoms with E-state index >= 15 is 0 Å². The molecule has 2 nitrogen and oxygen atoms in total. The summed E-state index contributed by atoms with van der Waals surface area (Å²) in [5, 5.41) is 0. The predicted octanol–water partition coefficient (Wildman–Crippen LogP) is 2.76. The highest BCUT2D eigenvalue weighted by atomic mass is 16.6. The van der Waals surface area contributed by atoms with Crippen LogP contribution in [-0.4, -0.2) is 5.54 Å². The molecule has 1 N–H and O–H groups in total. The highest BCUT2D eigenvalue weighted by Gasteiger charge is 2.14. The van der Waals surface area contributed by atoms with Crippen LogP contribution in [0.2, 0.25) is 0 Å². The Morgan fingerprint density at radius 2 is 1.85 bits per heavy atom. The predicted molar refractivity (Wildman–Crippen MR) is 54.6 cm³/mol. The Labute approximate surface area is 79.9 Å². The van der Waals surface area contributed by atoms with Gasteiger partial charge in [-0.25, -0.2) is 0 Å². The summed E-state index contributed by atoms with van der Waals surface area (Å²) in [6.45, 7) is 6.34. The Morgan fingerprint density at radius 3 is 2.38 bits per heavy atom. The molecule has 0 amide bonds. The van der Waals surface area contributed by atoms with E-state index < -0.39 is 0 Å². The SMILES string of the molecule is CCC(C)(C)NOc1ccccc1.